The molecule has 0 spiro atoms. The Morgan fingerprint density at radius 2 is 2.15 bits per heavy atom. The molecule has 7 nitrogen and oxygen atoms in total. The van der Waals surface area contributed by atoms with E-state index >= 15 is 0 Å². The lowest BCUT2D eigenvalue weighted by Gasteiger charge is -2.06. The SMILES string of the molecule is CCOC(=O)c1cnn(Cc2noc(-c3cccc(C(F)(F)F)c3)n2)c1. The van der Waals surface area contributed by atoms with Crippen molar-refractivity contribution >= 4 is 5.97 Å². The number of alkyl halides is 3. The molecule has 0 N–H and O–H groups in total. The number of esters is 1. The van der Waals surface area contributed by atoms with Crippen molar-refractivity contribution < 1.29 is 27.2 Å². The summed E-state index contributed by atoms with van der Waals surface area (Å²) in [6, 6.07) is 4.60. The predicted molar refractivity (Wildman–Crippen MR) is 82.0 cm³/mol. The summed E-state index contributed by atoms with van der Waals surface area (Å²) in [5, 5.41) is 7.71. The Balaban J connectivity index is 1.76. The fourth-order valence-electron chi connectivity index (χ4n) is 2.18. The molecule has 0 amide bonds. The molecule has 0 radical (unpaired) electrons. The maximum absolute atomic E-state index is 12.8. The summed E-state index contributed by atoms with van der Waals surface area (Å²) >= 11 is 0. The van der Waals surface area contributed by atoms with E-state index in [2.05, 4.69) is 15.2 Å². The van der Waals surface area contributed by atoms with Crippen LogP contribution < -0.4 is 0 Å². The summed E-state index contributed by atoms with van der Waals surface area (Å²) in [4.78, 5) is 15.7. The van der Waals surface area contributed by atoms with Crippen molar-refractivity contribution in [2.24, 2.45) is 0 Å². The van der Waals surface area contributed by atoms with Gasteiger partial charge >= 0.3 is 12.1 Å². The van der Waals surface area contributed by atoms with Gasteiger partial charge in [-0.05, 0) is 25.1 Å². The second kappa shape index (κ2) is 6.98. The zero-order valence-electron chi connectivity index (χ0n) is 13.5. The first-order valence-electron chi connectivity index (χ1n) is 7.56. The third-order valence-electron chi connectivity index (χ3n) is 3.35. The van der Waals surface area contributed by atoms with Crippen molar-refractivity contribution in [3.8, 4) is 11.5 Å². The van der Waals surface area contributed by atoms with Crippen molar-refractivity contribution in [1.82, 2.24) is 19.9 Å². The highest BCUT2D eigenvalue weighted by molar-refractivity contribution is 5.88. The van der Waals surface area contributed by atoms with Gasteiger partial charge in [0.15, 0.2) is 5.82 Å². The van der Waals surface area contributed by atoms with Gasteiger partial charge in [-0.15, -0.1) is 0 Å². The van der Waals surface area contributed by atoms with Gasteiger partial charge in [-0.25, -0.2) is 4.79 Å². The Bertz CT molecular complexity index is 917. The van der Waals surface area contributed by atoms with Crippen molar-refractivity contribution in [2.45, 2.75) is 19.6 Å². The van der Waals surface area contributed by atoms with Crippen LogP contribution in [0.15, 0.2) is 41.2 Å². The standard InChI is InChI=1S/C16H13F3N4O3/c1-2-25-15(24)11-7-20-23(8-11)9-13-21-14(26-22-13)10-4-3-5-12(6-10)16(17,18)19/h3-8H,2,9H2,1H3. The molecule has 0 bridgehead atoms. The van der Waals surface area contributed by atoms with Gasteiger partial charge in [0.25, 0.3) is 5.89 Å². The van der Waals surface area contributed by atoms with Crippen LogP contribution in [0.3, 0.4) is 0 Å². The predicted octanol–water partition coefficient (Wildman–Crippen LogP) is 3.18. The first-order valence-corrected chi connectivity index (χ1v) is 7.56. The van der Waals surface area contributed by atoms with Gasteiger partial charge < -0.3 is 9.26 Å². The summed E-state index contributed by atoms with van der Waals surface area (Å²) in [6.45, 7) is 2.02. The van der Waals surface area contributed by atoms with Crippen molar-refractivity contribution in [1.29, 1.82) is 0 Å². The van der Waals surface area contributed by atoms with Gasteiger partial charge in [-0.3, -0.25) is 4.68 Å². The van der Waals surface area contributed by atoms with Gasteiger partial charge in [0.05, 0.1) is 23.9 Å². The number of carbonyl (C=O) groups is 1. The average Bonchev–Trinajstić information content (AvgIpc) is 3.25. The highest BCUT2D eigenvalue weighted by Gasteiger charge is 2.30. The third-order valence-corrected chi connectivity index (χ3v) is 3.35. The number of aromatic nitrogens is 4. The van der Waals surface area contributed by atoms with Gasteiger partial charge in [-0.1, -0.05) is 11.2 Å². The van der Waals surface area contributed by atoms with E-state index in [1.165, 1.54) is 29.2 Å². The molecule has 136 valence electrons. The van der Waals surface area contributed by atoms with Crippen LogP contribution in [-0.4, -0.2) is 32.5 Å². The molecule has 0 unspecified atom stereocenters. The van der Waals surface area contributed by atoms with Gasteiger partial charge in [0, 0.05) is 11.8 Å². The number of ether oxygens (including phenoxy) is 1. The van der Waals surface area contributed by atoms with Crippen molar-refractivity contribution in [2.75, 3.05) is 6.61 Å². The molecule has 0 saturated carbocycles. The first kappa shape index (κ1) is 17.6. The number of halogens is 3. The molecule has 0 atom stereocenters. The number of carbonyl (C=O) groups excluding carboxylic acids is 1. The maximum Gasteiger partial charge on any atom is 0.416 e. The molecule has 3 aromatic rings. The van der Waals surface area contributed by atoms with E-state index in [0.29, 0.717) is 0 Å². The van der Waals surface area contributed by atoms with E-state index in [1.54, 1.807) is 6.92 Å². The summed E-state index contributed by atoms with van der Waals surface area (Å²) in [6.07, 6.45) is -1.67. The highest BCUT2D eigenvalue weighted by atomic mass is 19.4. The van der Waals surface area contributed by atoms with Gasteiger partial charge in [0.2, 0.25) is 0 Å². The molecule has 2 heterocycles. The Hall–Kier alpha value is -3.17. The number of nitrogens with zero attached hydrogens (tertiary/aromatic N) is 4. The molecule has 0 aliphatic heterocycles. The number of rotatable bonds is 5. The number of benzene rings is 1. The smallest absolute Gasteiger partial charge is 0.416 e. The quantitative estimate of drug-likeness (QED) is 0.645. The summed E-state index contributed by atoms with van der Waals surface area (Å²) < 4.78 is 49.6. The van der Waals surface area contributed by atoms with Crippen molar-refractivity contribution in [3.05, 3.63) is 53.6 Å². The number of hydrogen-bond acceptors (Lipinski definition) is 6. The largest absolute Gasteiger partial charge is 0.462 e. The van der Waals surface area contributed by atoms with E-state index in [0.717, 1.165) is 12.1 Å². The maximum atomic E-state index is 12.8. The Kier molecular flexibility index (Phi) is 4.74. The highest BCUT2D eigenvalue weighted by Crippen LogP contribution is 2.31. The van der Waals surface area contributed by atoms with Crippen LogP contribution in [0, 0.1) is 0 Å². The summed E-state index contributed by atoms with van der Waals surface area (Å²) in [5.74, 6) is -0.337. The second-order valence-corrected chi connectivity index (χ2v) is 5.24. The van der Waals surface area contributed by atoms with Crippen molar-refractivity contribution in [3.63, 3.8) is 0 Å². The Morgan fingerprint density at radius 3 is 2.88 bits per heavy atom. The van der Waals surface area contributed by atoms with Crippen LogP contribution in [0.2, 0.25) is 0 Å². The van der Waals surface area contributed by atoms with Crippen LogP contribution in [0.5, 0.6) is 0 Å². The Labute approximate surface area is 145 Å². The minimum Gasteiger partial charge on any atom is -0.462 e. The molecule has 1 aromatic carbocycles. The molecule has 0 aliphatic rings. The summed E-state index contributed by atoms with van der Waals surface area (Å²) in [7, 11) is 0. The van der Waals surface area contributed by atoms with E-state index in [1.807, 2.05) is 0 Å². The lowest BCUT2D eigenvalue weighted by molar-refractivity contribution is -0.137. The van der Waals surface area contributed by atoms with Crippen LogP contribution >= 0.6 is 0 Å². The average molecular weight is 366 g/mol. The lowest BCUT2D eigenvalue weighted by atomic mass is 10.1. The van der Waals surface area contributed by atoms with Crippen LogP contribution in [0.4, 0.5) is 13.2 Å². The zero-order chi connectivity index (χ0) is 18.7. The summed E-state index contributed by atoms with van der Waals surface area (Å²) in [5.41, 5.74) is -0.374. The van der Waals surface area contributed by atoms with Crippen LogP contribution in [-0.2, 0) is 17.5 Å². The molecule has 0 aliphatic carbocycles. The molecule has 26 heavy (non-hydrogen) atoms. The topological polar surface area (TPSA) is 83.0 Å². The fraction of sp³-hybridized carbons (Fsp3) is 0.250. The molecule has 10 heteroatoms. The zero-order valence-corrected chi connectivity index (χ0v) is 13.5. The third kappa shape index (κ3) is 3.90. The second-order valence-electron chi connectivity index (χ2n) is 5.24. The minimum atomic E-state index is -4.46. The molecule has 0 saturated heterocycles. The first-order chi connectivity index (χ1) is 12.4. The fourth-order valence-corrected chi connectivity index (χ4v) is 2.18. The normalized spacial score (nSPS) is 11.5. The monoisotopic (exact) mass is 366 g/mol. The van der Waals surface area contributed by atoms with E-state index < -0.39 is 17.7 Å². The number of hydrogen-bond donors (Lipinski definition) is 0. The van der Waals surface area contributed by atoms with Crippen LogP contribution in [0.25, 0.3) is 11.5 Å². The molecule has 2 aromatic heterocycles. The molecular formula is C16H13F3N4O3. The van der Waals surface area contributed by atoms with E-state index in [9.17, 15) is 18.0 Å². The van der Waals surface area contributed by atoms with E-state index in [4.69, 9.17) is 9.26 Å². The molecule has 0 fully saturated rings. The Morgan fingerprint density at radius 1 is 1.35 bits per heavy atom. The molecule has 3 rings (SSSR count). The van der Waals surface area contributed by atoms with Gasteiger partial charge in [-0.2, -0.15) is 23.3 Å². The minimum absolute atomic E-state index is 0.0381. The van der Waals surface area contributed by atoms with Gasteiger partial charge in [0.1, 0.15) is 6.54 Å². The van der Waals surface area contributed by atoms with E-state index in [-0.39, 0.29) is 36.0 Å². The molecular weight excluding hydrogens is 353 g/mol. The van der Waals surface area contributed by atoms with Crippen LogP contribution in [0.1, 0.15) is 28.7 Å². The lowest BCUT2D eigenvalue weighted by Crippen LogP contribution is -2.05.